The number of hydrogen-bond donors (Lipinski definition) is 0. The van der Waals surface area contributed by atoms with Crippen molar-refractivity contribution in [2.75, 3.05) is 0 Å². The van der Waals surface area contributed by atoms with Crippen LogP contribution >= 0.6 is 0 Å². The fraction of sp³-hybridized carbons (Fsp3) is 0.0870. The Hall–Kier alpha value is -3.80. The molecule has 6 heteroatoms. The highest BCUT2D eigenvalue weighted by molar-refractivity contribution is 5.80. The predicted molar refractivity (Wildman–Crippen MR) is 110 cm³/mol. The third kappa shape index (κ3) is 3.29. The standard InChI is InChI=1S/C23H18FN5/c1-16-9-11-20(12-10-16)29-15-19(26-27-29)14-28-22-8-3-2-7-21(22)25-23(28)17-5-4-6-18(24)13-17/h2-13,15H,14H2,1H3. The van der Waals surface area contributed by atoms with E-state index < -0.39 is 0 Å². The minimum atomic E-state index is -0.286. The van der Waals surface area contributed by atoms with Gasteiger partial charge < -0.3 is 4.57 Å². The quantitative estimate of drug-likeness (QED) is 0.449. The van der Waals surface area contributed by atoms with E-state index in [1.54, 1.807) is 10.7 Å². The van der Waals surface area contributed by atoms with E-state index in [4.69, 9.17) is 4.98 Å². The van der Waals surface area contributed by atoms with Crippen LogP contribution < -0.4 is 0 Å². The van der Waals surface area contributed by atoms with Crippen LogP contribution in [0.4, 0.5) is 4.39 Å². The molecule has 0 unspecified atom stereocenters. The lowest BCUT2D eigenvalue weighted by Gasteiger charge is -2.07. The molecule has 0 fully saturated rings. The fourth-order valence-electron chi connectivity index (χ4n) is 3.44. The second-order valence-corrected chi connectivity index (χ2v) is 7.01. The van der Waals surface area contributed by atoms with Gasteiger partial charge in [0.15, 0.2) is 0 Å². The number of benzene rings is 3. The Morgan fingerprint density at radius 1 is 0.931 bits per heavy atom. The van der Waals surface area contributed by atoms with E-state index in [-0.39, 0.29) is 5.82 Å². The van der Waals surface area contributed by atoms with Gasteiger partial charge in [-0.3, -0.25) is 0 Å². The molecule has 29 heavy (non-hydrogen) atoms. The number of aryl methyl sites for hydroxylation is 1. The first-order valence-electron chi connectivity index (χ1n) is 9.37. The molecule has 0 atom stereocenters. The molecule has 0 aliphatic rings. The van der Waals surface area contributed by atoms with Gasteiger partial charge in [-0.25, -0.2) is 14.1 Å². The van der Waals surface area contributed by atoms with Gasteiger partial charge >= 0.3 is 0 Å². The largest absolute Gasteiger partial charge is 0.318 e. The molecular formula is C23H18FN5. The maximum absolute atomic E-state index is 13.8. The number of aromatic nitrogens is 5. The zero-order valence-electron chi connectivity index (χ0n) is 15.8. The SMILES string of the molecule is Cc1ccc(-n2cc(Cn3c(-c4cccc(F)c4)nc4ccccc43)nn2)cc1. The Balaban J connectivity index is 1.57. The Bertz CT molecular complexity index is 1300. The number of imidazole rings is 1. The molecule has 5 aromatic rings. The van der Waals surface area contributed by atoms with Gasteiger partial charge in [-0.05, 0) is 43.3 Å². The van der Waals surface area contributed by atoms with Crippen LogP contribution in [0.2, 0.25) is 0 Å². The highest BCUT2D eigenvalue weighted by Gasteiger charge is 2.15. The summed E-state index contributed by atoms with van der Waals surface area (Å²) in [7, 11) is 0. The van der Waals surface area contributed by atoms with Crippen LogP contribution in [0.1, 0.15) is 11.3 Å². The third-order valence-electron chi connectivity index (χ3n) is 4.90. The average Bonchev–Trinajstić information content (AvgIpc) is 3.34. The van der Waals surface area contributed by atoms with Crippen LogP contribution in [0.15, 0.2) is 79.0 Å². The van der Waals surface area contributed by atoms with Crippen LogP contribution in [0.3, 0.4) is 0 Å². The molecule has 0 aliphatic heterocycles. The highest BCUT2D eigenvalue weighted by Crippen LogP contribution is 2.26. The Kier molecular flexibility index (Phi) is 4.17. The molecule has 0 radical (unpaired) electrons. The molecule has 142 valence electrons. The molecule has 0 spiro atoms. The molecule has 0 amide bonds. The zero-order valence-corrected chi connectivity index (χ0v) is 15.8. The summed E-state index contributed by atoms with van der Waals surface area (Å²) in [6.45, 7) is 2.53. The smallest absolute Gasteiger partial charge is 0.141 e. The van der Waals surface area contributed by atoms with Crippen LogP contribution in [-0.2, 0) is 6.54 Å². The average molecular weight is 383 g/mol. The van der Waals surface area contributed by atoms with Gasteiger partial charge in [0.05, 0.1) is 29.5 Å². The molecule has 5 rings (SSSR count). The van der Waals surface area contributed by atoms with E-state index in [2.05, 4.69) is 17.2 Å². The zero-order chi connectivity index (χ0) is 19.8. The van der Waals surface area contributed by atoms with Gasteiger partial charge in [0.25, 0.3) is 0 Å². The summed E-state index contributed by atoms with van der Waals surface area (Å²) in [5, 5.41) is 8.61. The van der Waals surface area contributed by atoms with Crippen molar-refractivity contribution in [3.63, 3.8) is 0 Å². The van der Waals surface area contributed by atoms with Gasteiger partial charge in [-0.2, -0.15) is 0 Å². The molecule has 0 saturated carbocycles. The van der Waals surface area contributed by atoms with E-state index in [9.17, 15) is 4.39 Å². The Morgan fingerprint density at radius 2 is 1.76 bits per heavy atom. The first-order valence-corrected chi connectivity index (χ1v) is 9.37. The second kappa shape index (κ2) is 6.98. The summed E-state index contributed by atoms with van der Waals surface area (Å²) in [6, 6.07) is 22.5. The minimum absolute atomic E-state index is 0.286. The van der Waals surface area contributed by atoms with Crippen molar-refractivity contribution in [2.45, 2.75) is 13.5 Å². The van der Waals surface area contributed by atoms with Crippen LogP contribution in [-0.4, -0.2) is 24.5 Å². The normalized spacial score (nSPS) is 11.2. The van der Waals surface area contributed by atoms with Crippen molar-refractivity contribution in [1.82, 2.24) is 24.5 Å². The van der Waals surface area contributed by atoms with E-state index in [0.717, 1.165) is 28.0 Å². The Morgan fingerprint density at radius 3 is 2.59 bits per heavy atom. The molecule has 3 aromatic carbocycles. The molecule has 2 heterocycles. The van der Waals surface area contributed by atoms with Crippen molar-refractivity contribution in [1.29, 1.82) is 0 Å². The maximum Gasteiger partial charge on any atom is 0.141 e. The van der Waals surface area contributed by atoms with Gasteiger partial charge in [0.2, 0.25) is 0 Å². The fourth-order valence-corrected chi connectivity index (χ4v) is 3.44. The van der Waals surface area contributed by atoms with E-state index >= 15 is 0 Å². The maximum atomic E-state index is 13.8. The third-order valence-corrected chi connectivity index (χ3v) is 4.90. The number of fused-ring (bicyclic) bond motifs is 1. The van der Waals surface area contributed by atoms with E-state index in [1.807, 2.05) is 65.4 Å². The molecule has 2 aromatic heterocycles. The number of para-hydroxylation sites is 2. The molecular weight excluding hydrogens is 365 g/mol. The number of nitrogens with zero attached hydrogens (tertiary/aromatic N) is 5. The lowest BCUT2D eigenvalue weighted by molar-refractivity contribution is 0.628. The summed E-state index contributed by atoms with van der Waals surface area (Å²) in [5.74, 6) is 0.419. The van der Waals surface area contributed by atoms with Gasteiger partial charge in [-0.1, -0.05) is 47.2 Å². The lowest BCUT2D eigenvalue weighted by atomic mass is 10.2. The van der Waals surface area contributed by atoms with Crippen molar-refractivity contribution in [2.24, 2.45) is 0 Å². The van der Waals surface area contributed by atoms with Crippen LogP contribution in [0, 0.1) is 12.7 Å². The van der Waals surface area contributed by atoms with Crippen LogP contribution in [0.25, 0.3) is 28.1 Å². The molecule has 0 bridgehead atoms. The molecule has 0 aliphatic carbocycles. The molecule has 5 nitrogen and oxygen atoms in total. The summed E-state index contributed by atoms with van der Waals surface area (Å²) < 4.78 is 17.6. The van der Waals surface area contributed by atoms with Gasteiger partial charge in [0.1, 0.15) is 17.3 Å². The van der Waals surface area contributed by atoms with E-state index in [0.29, 0.717) is 12.4 Å². The van der Waals surface area contributed by atoms with E-state index in [1.165, 1.54) is 17.7 Å². The number of hydrogen-bond acceptors (Lipinski definition) is 3. The number of halogens is 1. The first kappa shape index (κ1) is 17.3. The van der Waals surface area contributed by atoms with Crippen LogP contribution in [0.5, 0.6) is 0 Å². The van der Waals surface area contributed by atoms with Gasteiger partial charge in [-0.15, -0.1) is 5.10 Å². The van der Waals surface area contributed by atoms with Crippen molar-refractivity contribution < 1.29 is 4.39 Å². The monoisotopic (exact) mass is 383 g/mol. The number of rotatable bonds is 4. The Labute approximate surface area is 167 Å². The first-order chi connectivity index (χ1) is 14.2. The van der Waals surface area contributed by atoms with Crippen molar-refractivity contribution in [3.05, 3.63) is 96.1 Å². The summed E-state index contributed by atoms with van der Waals surface area (Å²) in [5.41, 5.74) is 5.50. The second-order valence-electron chi connectivity index (χ2n) is 7.01. The molecule has 0 saturated heterocycles. The van der Waals surface area contributed by atoms with Crippen molar-refractivity contribution in [3.8, 4) is 17.1 Å². The predicted octanol–water partition coefficient (Wildman–Crippen LogP) is 4.78. The van der Waals surface area contributed by atoms with Crippen molar-refractivity contribution >= 4 is 11.0 Å². The minimum Gasteiger partial charge on any atom is -0.318 e. The summed E-state index contributed by atoms with van der Waals surface area (Å²) >= 11 is 0. The lowest BCUT2D eigenvalue weighted by Crippen LogP contribution is -2.03. The summed E-state index contributed by atoms with van der Waals surface area (Å²) in [4.78, 5) is 4.74. The molecule has 0 N–H and O–H groups in total. The summed E-state index contributed by atoms with van der Waals surface area (Å²) in [6.07, 6.45) is 1.91. The topological polar surface area (TPSA) is 48.5 Å². The van der Waals surface area contributed by atoms with Gasteiger partial charge in [0, 0.05) is 5.56 Å². The highest BCUT2D eigenvalue weighted by atomic mass is 19.1.